The topological polar surface area (TPSA) is 48.0 Å². The molecule has 1 unspecified atom stereocenters. The first-order valence-electron chi connectivity index (χ1n) is 14.0. The minimum absolute atomic E-state index is 0.0313. The van der Waals surface area contributed by atoms with Crippen LogP contribution in [0.3, 0.4) is 0 Å². The van der Waals surface area contributed by atoms with Crippen molar-refractivity contribution >= 4 is 33.1 Å². The fourth-order valence-electron chi connectivity index (χ4n) is 7.02. The van der Waals surface area contributed by atoms with Crippen LogP contribution in [0.4, 0.5) is 5.69 Å². The van der Waals surface area contributed by atoms with Crippen molar-refractivity contribution in [1.82, 2.24) is 0 Å². The van der Waals surface area contributed by atoms with Gasteiger partial charge in [0.1, 0.15) is 28.4 Å². The van der Waals surface area contributed by atoms with Gasteiger partial charge in [-0.1, -0.05) is 84.9 Å². The summed E-state index contributed by atoms with van der Waals surface area (Å²) in [6.45, 7) is 0. The quantitative estimate of drug-likeness (QED) is 0.164. The molecule has 1 amide bonds. The smallest absolute Gasteiger partial charge is 0.245 e. The molecule has 2 aliphatic heterocycles. The van der Waals surface area contributed by atoms with Crippen molar-refractivity contribution in [3.8, 4) is 23.0 Å². The number of methoxy groups -OCH3 is 2. The van der Waals surface area contributed by atoms with Crippen molar-refractivity contribution in [2.75, 3.05) is 19.1 Å². The van der Waals surface area contributed by atoms with Crippen molar-refractivity contribution in [2.24, 2.45) is 0 Å². The summed E-state index contributed by atoms with van der Waals surface area (Å²) in [5, 5.41) is 4.45. The zero-order valence-electron chi connectivity index (χ0n) is 23.2. The van der Waals surface area contributed by atoms with Crippen LogP contribution in [0.25, 0.3) is 21.5 Å². The van der Waals surface area contributed by atoms with E-state index in [2.05, 4.69) is 54.6 Å². The molecule has 1 atom stereocenters. The number of rotatable bonds is 4. The summed E-state index contributed by atoms with van der Waals surface area (Å²) >= 11 is 0. The van der Waals surface area contributed by atoms with Crippen LogP contribution in [0.2, 0.25) is 0 Å². The van der Waals surface area contributed by atoms with E-state index in [0.29, 0.717) is 28.7 Å². The number of hydrogen-bond acceptors (Lipinski definition) is 4. The molecule has 1 saturated heterocycles. The van der Waals surface area contributed by atoms with Crippen LogP contribution in [0, 0.1) is 0 Å². The van der Waals surface area contributed by atoms with Crippen LogP contribution in [-0.4, -0.2) is 20.1 Å². The number of fused-ring (bicyclic) bond motifs is 6. The van der Waals surface area contributed by atoms with E-state index < -0.39 is 11.5 Å². The average Bonchev–Trinajstić information content (AvgIpc) is 3.05. The van der Waals surface area contributed by atoms with Gasteiger partial charge < -0.3 is 14.2 Å². The first-order valence-corrected chi connectivity index (χ1v) is 14.0. The monoisotopic (exact) mass is 549 g/mol. The Morgan fingerprint density at radius 3 is 1.83 bits per heavy atom. The van der Waals surface area contributed by atoms with E-state index in [1.807, 2.05) is 71.6 Å². The van der Waals surface area contributed by atoms with Gasteiger partial charge in [-0.05, 0) is 57.4 Å². The Labute approximate surface area is 243 Å². The molecule has 42 heavy (non-hydrogen) atoms. The molecule has 0 saturated carbocycles. The predicted molar refractivity (Wildman–Crippen MR) is 165 cm³/mol. The molecule has 5 nitrogen and oxygen atoms in total. The van der Waals surface area contributed by atoms with Gasteiger partial charge in [0.25, 0.3) is 0 Å². The van der Waals surface area contributed by atoms with Crippen molar-refractivity contribution in [2.45, 2.75) is 11.5 Å². The second-order valence-electron chi connectivity index (χ2n) is 10.8. The van der Waals surface area contributed by atoms with Gasteiger partial charge in [-0.2, -0.15) is 0 Å². The summed E-state index contributed by atoms with van der Waals surface area (Å²) in [7, 11) is 3.25. The Balaban J connectivity index is 1.52. The molecule has 1 fully saturated rings. The van der Waals surface area contributed by atoms with E-state index in [1.54, 1.807) is 14.2 Å². The molecule has 6 aromatic rings. The number of para-hydroxylation sites is 2. The normalized spacial score (nSPS) is 16.5. The highest BCUT2D eigenvalue weighted by molar-refractivity contribution is 6.17. The van der Waals surface area contributed by atoms with E-state index >= 15 is 4.79 Å². The van der Waals surface area contributed by atoms with E-state index in [1.165, 1.54) is 0 Å². The molecule has 2 aliphatic rings. The Hall–Kier alpha value is -5.29. The molecule has 1 spiro atoms. The molecule has 6 aromatic carbocycles. The lowest BCUT2D eigenvalue weighted by Crippen LogP contribution is -2.67. The highest BCUT2D eigenvalue weighted by Crippen LogP contribution is 2.65. The SMILES string of the molecule is COc1ccc(N2C(=O)C3(c4ccccc4Oc4ccccc43)C2c2c3ccccc3cc3ccccc23)c(OC)c1. The van der Waals surface area contributed by atoms with Crippen LogP contribution < -0.4 is 19.1 Å². The molecule has 204 valence electrons. The van der Waals surface area contributed by atoms with Crippen LogP contribution >= 0.6 is 0 Å². The van der Waals surface area contributed by atoms with Gasteiger partial charge in [0.15, 0.2) is 0 Å². The summed E-state index contributed by atoms with van der Waals surface area (Å²) in [5.41, 5.74) is 2.48. The molecule has 8 rings (SSSR count). The predicted octanol–water partition coefficient (Wildman–Crippen LogP) is 8.19. The molecule has 0 aliphatic carbocycles. The number of hydrogen-bond donors (Lipinski definition) is 0. The van der Waals surface area contributed by atoms with Crippen molar-refractivity contribution < 1.29 is 19.0 Å². The summed E-state index contributed by atoms with van der Waals surface area (Å²) in [4.78, 5) is 17.0. The number of carbonyl (C=O) groups excluding carboxylic acids is 1. The van der Waals surface area contributed by atoms with Crippen molar-refractivity contribution in [3.63, 3.8) is 0 Å². The molecule has 0 radical (unpaired) electrons. The number of ether oxygens (including phenoxy) is 3. The second-order valence-corrected chi connectivity index (χ2v) is 10.8. The maximum Gasteiger partial charge on any atom is 0.245 e. The number of anilines is 1. The maximum atomic E-state index is 15.1. The first kappa shape index (κ1) is 24.5. The van der Waals surface area contributed by atoms with Gasteiger partial charge in [0, 0.05) is 17.2 Å². The molecule has 5 heteroatoms. The molecule has 0 aromatic heterocycles. The van der Waals surface area contributed by atoms with E-state index in [9.17, 15) is 0 Å². The van der Waals surface area contributed by atoms with Crippen LogP contribution in [0.5, 0.6) is 23.0 Å². The van der Waals surface area contributed by atoms with Gasteiger partial charge in [0.2, 0.25) is 5.91 Å². The number of β-lactam (4-membered cyclic amide) rings is 1. The zero-order chi connectivity index (χ0) is 28.4. The van der Waals surface area contributed by atoms with Crippen LogP contribution in [0.15, 0.2) is 121 Å². The first-order chi connectivity index (χ1) is 20.7. The molecule has 0 bridgehead atoms. The third-order valence-electron chi connectivity index (χ3n) is 8.80. The number of carbonyl (C=O) groups is 1. The molecular formula is C37H27NO4. The third-order valence-corrected chi connectivity index (χ3v) is 8.80. The van der Waals surface area contributed by atoms with Crippen molar-refractivity contribution in [1.29, 1.82) is 0 Å². The Kier molecular flexibility index (Phi) is 5.32. The second kappa shape index (κ2) is 9.11. The molecular weight excluding hydrogens is 522 g/mol. The number of nitrogens with zero attached hydrogens (tertiary/aromatic N) is 1. The molecule has 0 N–H and O–H groups in total. The minimum atomic E-state index is -1.02. The lowest BCUT2D eigenvalue weighted by molar-refractivity contribution is -0.131. The zero-order valence-corrected chi connectivity index (χ0v) is 23.2. The largest absolute Gasteiger partial charge is 0.497 e. The lowest BCUT2D eigenvalue weighted by Gasteiger charge is -2.58. The van der Waals surface area contributed by atoms with Crippen molar-refractivity contribution in [3.05, 3.63) is 138 Å². The fourth-order valence-corrected chi connectivity index (χ4v) is 7.02. The lowest BCUT2D eigenvalue weighted by atomic mass is 9.57. The van der Waals surface area contributed by atoms with E-state index in [-0.39, 0.29) is 5.91 Å². The fraction of sp³-hybridized carbons (Fsp3) is 0.108. The van der Waals surface area contributed by atoms with E-state index in [0.717, 1.165) is 38.2 Å². The van der Waals surface area contributed by atoms with Gasteiger partial charge in [-0.3, -0.25) is 9.69 Å². The van der Waals surface area contributed by atoms with Crippen LogP contribution in [-0.2, 0) is 10.2 Å². The number of amides is 1. The Bertz CT molecular complexity index is 1950. The van der Waals surface area contributed by atoms with Gasteiger partial charge in [0.05, 0.1) is 25.9 Å². The highest BCUT2D eigenvalue weighted by Gasteiger charge is 2.67. The summed E-state index contributed by atoms with van der Waals surface area (Å²) in [6, 6.07) is 40.2. The average molecular weight is 550 g/mol. The standard InChI is InChI=1S/C37H27NO4/c1-40-25-19-20-30(33(22-25)41-2)38-35(34-26-13-5-3-11-23(26)21-24-12-4-6-14-27(24)34)37(36(38)39)28-15-7-9-17-31(28)42-32-18-10-8-16-29(32)37/h3-22,35H,1-2H3. The maximum absolute atomic E-state index is 15.1. The van der Waals surface area contributed by atoms with E-state index in [4.69, 9.17) is 14.2 Å². The van der Waals surface area contributed by atoms with Gasteiger partial charge >= 0.3 is 0 Å². The molecule has 2 heterocycles. The summed E-state index contributed by atoms with van der Waals surface area (Å²) in [6.07, 6.45) is 0. The Morgan fingerprint density at radius 1 is 0.667 bits per heavy atom. The van der Waals surface area contributed by atoms with Gasteiger partial charge in [-0.15, -0.1) is 0 Å². The Morgan fingerprint density at radius 2 is 1.24 bits per heavy atom. The minimum Gasteiger partial charge on any atom is -0.497 e. The summed E-state index contributed by atoms with van der Waals surface area (Å²) in [5.74, 6) is 2.59. The number of benzene rings is 6. The third kappa shape index (κ3) is 3.16. The van der Waals surface area contributed by atoms with Crippen LogP contribution in [0.1, 0.15) is 22.7 Å². The van der Waals surface area contributed by atoms with Gasteiger partial charge in [-0.25, -0.2) is 0 Å². The summed E-state index contributed by atoms with van der Waals surface area (Å²) < 4.78 is 17.8. The highest BCUT2D eigenvalue weighted by atomic mass is 16.5.